The molecule has 1 aromatic heterocycles. The highest BCUT2D eigenvalue weighted by molar-refractivity contribution is 7.10. The number of hydrogen-bond acceptors (Lipinski definition) is 7. The first-order valence-corrected chi connectivity index (χ1v) is 6.74. The molecule has 1 saturated heterocycles. The number of aromatic nitrogens is 1. The molecule has 1 amide bonds. The van der Waals surface area contributed by atoms with Crippen molar-refractivity contribution in [3.63, 3.8) is 0 Å². The van der Waals surface area contributed by atoms with E-state index in [1.54, 1.807) is 4.90 Å². The number of morpholine rings is 1. The van der Waals surface area contributed by atoms with Crippen LogP contribution in [0.25, 0.3) is 0 Å². The number of nitrogens with zero attached hydrogens (tertiary/aromatic N) is 3. The lowest BCUT2D eigenvalue weighted by Gasteiger charge is -2.26. The van der Waals surface area contributed by atoms with E-state index >= 15 is 0 Å². The van der Waals surface area contributed by atoms with Crippen molar-refractivity contribution in [3.8, 4) is 6.07 Å². The second kappa shape index (κ2) is 6.36. The van der Waals surface area contributed by atoms with Crippen LogP contribution in [0.5, 0.6) is 0 Å². The fraction of sp³-hybridized carbons (Fsp3) is 0.545. The number of carbonyl (C=O) groups excluding carboxylic acids is 1. The maximum absolute atomic E-state index is 11.9. The van der Waals surface area contributed by atoms with E-state index in [1.165, 1.54) is 0 Å². The number of carbonyl (C=O) groups is 1. The van der Waals surface area contributed by atoms with Crippen molar-refractivity contribution in [2.45, 2.75) is 6.42 Å². The van der Waals surface area contributed by atoms with Gasteiger partial charge in [-0.25, -0.2) is 0 Å². The third-order valence-electron chi connectivity index (χ3n) is 2.82. The molecule has 3 N–H and O–H groups in total. The molecule has 0 atom stereocenters. The molecule has 19 heavy (non-hydrogen) atoms. The smallest absolute Gasteiger partial charge is 0.224 e. The Hall–Kier alpha value is -1.85. The van der Waals surface area contributed by atoms with Gasteiger partial charge in [-0.15, -0.1) is 0 Å². The zero-order chi connectivity index (χ0) is 13.7. The van der Waals surface area contributed by atoms with Gasteiger partial charge in [-0.3, -0.25) is 4.79 Å². The highest BCUT2D eigenvalue weighted by Crippen LogP contribution is 2.25. The van der Waals surface area contributed by atoms with E-state index in [4.69, 9.17) is 15.7 Å². The van der Waals surface area contributed by atoms with Crippen molar-refractivity contribution in [1.29, 1.82) is 5.26 Å². The van der Waals surface area contributed by atoms with Crippen LogP contribution in [0.2, 0.25) is 0 Å². The minimum atomic E-state index is 0.0896. The largest absolute Gasteiger partial charge is 0.382 e. The highest BCUT2D eigenvalue weighted by atomic mass is 32.1. The van der Waals surface area contributed by atoms with Gasteiger partial charge in [-0.2, -0.15) is 9.64 Å². The summed E-state index contributed by atoms with van der Waals surface area (Å²) in [4.78, 5) is 13.7. The molecule has 1 fully saturated rings. The Labute approximate surface area is 115 Å². The molecule has 2 rings (SSSR count). The van der Waals surface area contributed by atoms with E-state index in [9.17, 15) is 4.79 Å². The van der Waals surface area contributed by atoms with Gasteiger partial charge >= 0.3 is 0 Å². The fourth-order valence-corrected chi connectivity index (χ4v) is 2.47. The maximum Gasteiger partial charge on any atom is 0.224 e. The summed E-state index contributed by atoms with van der Waals surface area (Å²) < 4.78 is 9.09. The van der Waals surface area contributed by atoms with E-state index in [2.05, 4.69) is 9.69 Å². The van der Waals surface area contributed by atoms with E-state index in [-0.39, 0.29) is 11.7 Å². The van der Waals surface area contributed by atoms with Crippen molar-refractivity contribution in [2.75, 3.05) is 43.9 Å². The lowest BCUT2D eigenvalue weighted by Crippen LogP contribution is -2.41. The topological polar surface area (TPSA) is 104 Å². The van der Waals surface area contributed by atoms with Gasteiger partial charge in [0.15, 0.2) is 5.82 Å². The standard InChI is InChI=1S/C11H15N5O2S/c12-7-8-10(13)15-19-11(8)14-2-1-9(17)16-3-5-18-6-4-16/h14H,1-6H2,(H2,13,15). The number of nitrogens with two attached hydrogens (primary N) is 1. The molecule has 2 heterocycles. The average Bonchev–Trinajstić information content (AvgIpc) is 2.80. The summed E-state index contributed by atoms with van der Waals surface area (Å²) in [5, 5.41) is 12.6. The molecule has 0 bridgehead atoms. The van der Waals surface area contributed by atoms with Gasteiger partial charge in [-0.1, -0.05) is 0 Å². The Kier molecular flexibility index (Phi) is 4.54. The Bertz CT molecular complexity index is 490. The van der Waals surface area contributed by atoms with Crippen molar-refractivity contribution < 1.29 is 9.53 Å². The summed E-state index contributed by atoms with van der Waals surface area (Å²) >= 11 is 1.13. The number of anilines is 2. The number of hydrogen-bond donors (Lipinski definition) is 2. The summed E-state index contributed by atoms with van der Waals surface area (Å²) in [6.45, 7) is 2.96. The summed E-state index contributed by atoms with van der Waals surface area (Å²) in [6, 6.07) is 1.99. The first kappa shape index (κ1) is 13.6. The predicted octanol–water partition coefficient (Wildman–Crippen LogP) is 0.258. The van der Waals surface area contributed by atoms with Gasteiger partial charge in [0.1, 0.15) is 16.6 Å². The Balaban J connectivity index is 1.80. The molecule has 0 spiro atoms. The molecule has 1 aliphatic rings. The number of ether oxygens (including phenoxy) is 1. The van der Waals surface area contributed by atoms with Gasteiger partial charge in [0.25, 0.3) is 0 Å². The van der Waals surface area contributed by atoms with Crippen LogP contribution < -0.4 is 11.1 Å². The van der Waals surface area contributed by atoms with Crippen LogP contribution in [0.15, 0.2) is 0 Å². The van der Waals surface area contributed by atoms with Gasteiger partial charge in [0, 0.05) is 26.1 Å². The van der Waals surface area contributed by atoms with Crippen LogP contribution in [0, 0.1) is 11.3 Å². The van der Waals surface area contributed by atoms with Crippen molar-refractivity contribution >= 4 is 28.3 Å². The molecule has 1 aliphatic heterocycles. The number of nitrogen functional groups attached to an aromatic ring is 1. The fourth-order valence-electron chi connectivity index (χ4n) is 1.78. The second-order valence-corrected chi connectivity index (χ2v) is 4.83. The quantitative estimate of drug-likeness (QED) is 0.820. The van der Waals surface area contributed by atoms with Crippen LogP contribution in [0.4, 0.5) is 10.8 Å². The van der Waals surface area contributed by atoms with Gasteiger partial charge in [0.2, 0.25) is 5.91 Å². The van der Waals surface area contributed by atoms with Crippen molar-refractivity contribution in [1.82, 2.24) is 9.27 Å². The summed E-state index contributed by atoms with van der Waals surface area (Å²) in [5.41, 5.74) is 5.90. The summed E-state index contributed by atoms with van der Waals surface area (Å²) in [6.07, 6.45) is 0.378. The number of nitrogens with one attached hydrogen (secondary N) is 1. The van der Waals surface area contributed by atoms with E-state index in [1.807, 2.05) is 6.07 Å². The lowest BCUT2D eigenvalue weighted by atomic mass is 10.3. The molecule has 0 radical (unpaired) electrons. The van der Waals surface area contributed by atoms with Gasteiger partial charge in [0.05, 0.1) is 13.2 Å². The van der Waals surface area contributed by atoms with E-state index in [0.29, 0.717) is 49.8 Å². The molecule has 0 unspecified atom stereocenters. The van der Waals surface area contributed by atoms with Crippen LogP contribution in [0.1, 0.15) is 12.0 Å². The zero-order valence-corrected chi connectivity index (χ0v) is 11.2. The number of rotatable bonds is 4. The maximum atomic E-state index is 11.9. The molecule has 7 nitrogen and oxygen atoms in total. The first-order chi connectivity index (χ1) is 9.22. The Morgan fingerprint density at radius 2 is 2.32 bits per heavy atom. The second-order valence-electron chi connectivity index (χ2n) is 4.05. The first-order valence-electron chi connectivity index (χ1n) is 5.97. The lowest BCUT2D eigenvalue weighted by molar-refractivity contribution is -0.134. The summed E-state index contributed by atoms with van der Waals surface area (Å²) in [7, 11) is 0. The van der Waals surface area contributed by atoms with Crippen LogP contribution >= 0.6 is 11.5 Å². The number of amides is 1. The molecule has 8 heteroatoms. The number of nitriles is 1. The van der Waals surface area contributed by atoms with Crippen LogP contribution in [0.3, 0.4) is 0 Å². The average molecular weight is 281 g/mol. The third kappa shape index (κ3) is 3.33. The van der Waals surface area contributed by atoms with E-state index in [0.717, 1.165) is 11.5 Å². The Morgan fingerprint density at radius 3 is 3.00 bits per heavy atom. The highest BCUT2D eigenvalue weighted by Gasteiger charge is 2.17. The molecule has 0 aliphatic carbocycles. The van der Waals surface area contributed by atoms with Crippen molar-refractivity contribution in [3.05, 3.63) is 5.56 Å². The third-order valence-corrected chi connectivity index (χ3v) is 3.64. The SMILES string of the molecule is N#Cc1c(N)nsc1NCCC(=O)N1CCOCC1. The minimum Gasteiger partial charge on any atom is -0.382 e. The normalized spacial score (nSPS) is 15.0. The molecular formula is C11H15N5O2S. The molecule has 1 aromatic rings. The predicted molar refractivity (Wildman–Crippen MR) is 71.7 cm³/mol. The summed E-state index contributed by atoms with van der Waals surface area (Å²) in [5.74, 6) is 0.321. The van der Waals surface area contributed by atoms with Crippen LogP contribution in [-0.2, 0) is 9.53 Å². The Morgan fingerprint density at radius 1 is 1.58 bits per heavy atom. The van der Waals surface area contributed by atoms with Gasteiger partial charge in [-0.05, 0) is 11.5 Å². The zero-order valence-electron chi connectivity index (χ0n) is 10.4. The molecule has 0 aromatic carbocycles. The monoisotopic (exact) mass is 281 g/mol. The van der Waals surface area contributed by atoms with Crippen molar-refractivity contribution in [2.24, 2.45) is 0 Å². The minimum absolute atomic E-state index is 0.0896. The molecule has 102 valence electrons. The van der Waals surface area contributed by atoms with Gasteiger partial charge < -0.3 is 20.7 Å². The molecular weight excluding hydrogens is 266 g/mol. The molecule has 0 saturated carbocycles. The van der Waals surface area contributed by atoms with E-state index < -0.39 is 0 Å². The van der Waals surface area contributed by atoms with Crippen LogP contribution in [-0.4, -0.2) is 48.0 Å².